The van der Waals surface area contributed by atoms with Crippen molar-refractivity contribution in [2.75, 3.05) is 35.7 Å². The summed E-state index contributed by atoms with van der Waals surface area (Å²) in [6.07, 6.45) is 2.94. The first kappa shape index (κ1) is 28.6. The third-order valence-electron chi connectivity index (χ3n) is 7.18. The van der Waals surface area contributed by atoms with Crippen LogP contribution in [0.2, 0.25) is 0 Å². The third kappa shape index (κ3) is 6.99. The highest BCUT2D eigenvalue weighted by Gasteiger charge is 2.43. The molecule has 2 fully saturated rings. The number of carbonyl (C=O) groups is 3. The molecular weight excluding hydrogens is 531 g/mol. The average Bonchev–Trinajstić information content (AvgIpc) is 3.35. The molecule has 1 aliphatic heterocycles. The molecule has 0 radical (unpaired) electrons. The predicted octanol–water partition coefficient (Wildman–Crippen LogP) is 2.67. The summed E-state index contributed by atoms with van der Waals surface area (Å²) >= 11 is 5.61. The van der Waals surface area contributed by atoms with Gasteiger partial charge in [-0.1, -0.05) is 24.4 Å². The van der Waals surface area contributed by atoms with Crippen molar-refractivity contribution in [1.29, 1.82) is 0 Å². The van der Waals surface area contributed by atoms with Gasteiger partial charge in [-0.25, -0.2) is 9.18 Å². The minimum absolute atomic E-state index is 0.110. The number of rotatable bonds is 8. The lowest BCUT2D eigenvalue weighted by molar-refractivity contribution is -0.130. The molecule has 39 heavy (non-hydrogen) atoms. The molecule has 1 saturated carbocycles. The number of amides is 4. The molecule has 4 rings (SSSR count). The van der Waals surface area contributed by atoms with E-state index in [-0.39, 0.29) is 36.3 Å². The van der Waals surface area contributed by atoms with E-state index >= 15 is 0 Å². The number of carbonyl (C=O) groups excluding carboxylic acids is 3. The van der Waals surface area contributed by atoms with E-state index in [0.29, 0.717) is 37.3 Å². The van der Waals surface area contributed by atoms with Crippen molar-refractivity contribution in [3.05, 3.63) is 41.5 Å². The summed E-state index contributed by atoms with van der Waals surface area (Å²) in [7, 11) is 0. The fourth-order valence-electron chi connectivity index (χ4n) is 5.16. The minimum atomic E-state index is -1.11. The Bertz CT molecular complexity index is 1190. The van der Waals surface area contributed by atoms with Gasteiger partial charge in [0.25, 0.3) is 5.91 Å². The second kappa shape index (κ2) is 12.6. The van der Waals surface area contributed by atoms with E-state index in [4.69, 9.17) is 16.1 Å². The number of aryl methyl sites for hydroxylation is 1. The lowest BCUT2D eigenvalue weighted by atomic mass is 9.80. The number of alkyl halides is 1. The summed E-state index contributed by atoms with van der Waals surface area (Å²) in [5.74, 6) is -0.610. The Labute approximate surface area is 230 Å². The van der Waals surface area contributed by atoms with Crippen molar-refractivity contribution in [3.8, 4) is 0 Å². The Morgan fingerprint density at radius 2 is 2.00 bits per heavy atom. The van der Waals surface area contributed by atoms with E-state index in [9.17, 15) is 23.9 Å². The lowest BCUT2D eigenvalue weighted by Gasteiger charge is -2.41. The number of piperidine rings is 1. The maximum Gasteiger partial charge on any atom is 0.319 e. The van der Waals surface area contributed by atoms with Gasteiger partial charge in [0.15, 0.2) is 5.69 Å². The van der Waals surface area contributed by atoms with E-state index in [0.717, 1.165) is 19.3 Å². The quantitative estimate of drug-likeness (QED) is 0.309. The van der Waals surface area contributed by atoms with Gasteiger partial charge < -0.3 is 35.8 Å². The molecule has 1 aromatic carbocycles. The van der Waals surface area contributed by atoms with Gasteiger partial charge in [0.2, 0.25) is 5.91 Å². The SMILES string of the molecule is Cc1cc(C(=O)NC2(C(=O)NC3CCN(c4ccc(F)cc4NC(=O)NCCCl)CC3O)CCCCC2)no1. The van der Waals surface area contributed by atoms with Crippen LogP contribution in [0.5, 0.6) is 0 Å². The molecule has 11 nitrogen and oxygen atoms in total. The molecule has 212 valence electrons. The Morgan fingerprint density at radius 1 is 1.23 bits per heavy atom. The Kier molecular flexibility index (Phi) is 9.28. The van der Waals surface area contributed by atoms with Crippen molar-refractivity contribution in [1.82, 2.24) is 21.1 Å². The molecule has 2 atom stereocenters. The first-order valence-corrected chi connectivity index (χ1v) is 13.6. The van der Waals surface area contributed by atoms with Crippen molar-refractivity contribution < 1.29 is 28.4 Å². The number of urea groups is 1. The van der Waals surface area contributed by atoms with Gasteiger partial charge in [-0.2, -0.15) is 0 Å². The third-order valence-corrected chi connectivity index (χ3v) is 7.37. The van der Waals surface area contributed by atoms with Crippen LogP contribution in [-0.2, 0) is 4.79 Å². The number of anilines is 2. The molecule has 5 N–H and O–H groups in total. The van der Waals surface area contributed by atoms with Gasteiger partial charge in [0, 0.05) is 31.6 Å². The van der Waals surface area contributed by atoms with Crippen LogP contribution in [0.1, 0.15) is 54.8 Å². The first-order valence-electron chi connectivity index (χ1n) is 13.1. The summed E-state index contributed by atoms with van der Waals surface area (Å²) in [6.45, 7) is 2.51. The number of hydrogen-bond acceptors (Lipinski definition) is 7. The highest BCUT2D eigenvalue weighted by Crippen LogP contribution is 2.32. The number of nitrogens with one attached hydrogen (secondary N) is 4. The number of aromatic nitrogens is 1. The molecule has 13 heteroatoms. The molecule has 2 aromatic rings. The second-order valence-corrected chi connectivity index (χ2v) is 10.4. The number of nitrogens with zero attached hydrogens (tertiary/aromatic N) is 2. The van der Waals surface area contributed by atoms with Crippen LogP contribution < -0.4 is 26.2 Å². The molecule has 2 heterocycles. The van der Waals surface area contributed by atoms with Gasteiger partial charge in [0.05, 0.1) is 23.5 Å². The molecule has 1 aliphatic carbocycles. The molecule has 2 aliphatic rings. The van der Waals surface area contributed by atoms with Crippen LogP contribution in [-0.4, -0.2) is 71.3 Å². The molecule has 0 spiro atoms. The zero-order valence-corrected chi connectivity index (χ0v) is 22.5. The van der Waals surface area contributed by atoms with E-state index in [1.807, 2.05) is 4.90 Å². The molecule has 2 unspecified atom stereocenters. The van der Waals surface area contributed by atoms with E-state index < -0.39 is 35.4 Å². The number of benzene rings is 1. The van der Waals surface area contributed by atoms with E-state index in [1.165, 1.54) is 24.3 Å². The highest BCUT2D eigenvalue weighted by atomic mass is 35.5. The number of aliphatic hydroxyl groups excluding tert-OH is 1. The fourth-order valence-corrected chi connectivity index (χ4v) is 5.25. The summed E-state index contributed by atoms with van der Waals surface area (Å²) in [5.41, 5.74) is -0.203. The maximum absolute atomic E-state index is 14.0. The molecule has 1 aromatic heterocycles. The van der Waals surface area contributed by atoms with Crippen LogP contribution in [0.4, 0.5) is 20.6 Å². The number of β-amino-alcohol motifs (C(OH)–C–C–N with tert-alkyl or cyclic N) is 1. The van der Waals surface area contributed by atoms with Gasteiger partial charge in [0.1, 0.15) is 17.1 Å². The van der Waals surface area contributed by atoms with Gasteiger partial charge in [-0.05, 0) is 44.4 Å². The minimum Gasteiger partial charge on any atom is -0.389 e. The molecule has 1 saturated heterocycles. The van der Waals surface area contributed by atoms with Gasteiger partial charge in [-0.3, -0.25) is 9.59 Å². The normalized spacial score (nSPS) is 20.7. The van der Waals surface area contributed by atoms with Gasteiger partial charge >= 0.3 is 6.03 Å². The number of halogens is 2. The zero-order valence-electron chi connectivity index (χ0n) is 21.8. The van der Waals surface area contributed by atoms with Gasteiger partial charge in [-0.15, -0.1) is 11.6 Å². The average molecular weight is 565 g/mol. The van der Waals surface area contributed by atoms with Crippen LogP contribution in [0, 0.1) is 12.7 Å². The highest BCUT2D eigenvalue weighted by molar-refractivity contribution is 6.18. The Morgan fingerprint density at radius 3 is 2.67 bits per heavy atom. The fraction of sp³-hybridized carbons (Fsp3) is 0.538. The predicted molar refractivity (Wildman–Crippen MR) is 143 cm³/mol. The monoisotopic (exact) mass is 564 g/mol. The summed E-state index contributed by atoms with van der Waals surface area (Å²) in [6, 6.07) is 4.47. The van der Waals surface area contributed by atoms with Crippen LogP contribution in [0.3, 0.4) is 0 Å². The molecule has 4 amide bonds. The summed E-state index contributed by atoms with van der Waals surface area (Å²) < 4.78 is 19.0. The summed E-state index contributed by atoms with van der Waals surface area (Å²) in [5, 5.41) is 25.8. The standard InChI is InChI=1S/C26H34ClFN6O5/c1-16-13-20(33-39-16)23(36)32-26(8-3-2-4-9-26)24(37)30-18-7-12-34(15-22(18)35)21-6-5-17(28)14-19(21)31-25(38)29-11-10-27/h5-6,13-14,18,22,35H,2-4,7-12,15H2,1H3,(H,30,37)(H,32,36)(H2,29,31,38). The molecular formula is C26H34ClFN6O5. The summed E-state index contributed by atoms with van der Waals surface area (Å²) in [4.78, 5) is 40.4. The first-order chi connectivity index (χ1) is 18.7. The van der Waals surface area contributed by atoms with Crippen molar-refractivity contribution in [2.24, 2.45) is 0 Å². The van der Waals surface area contributed by atoms with Crippen molar-refractivity contribution >= 4 is 40.8 Å². The Hall–Kier alpha value is -3.38. The lowest BCUT2D eigenvalue weighted by Crippen LogP contribution is -2.64. The second-order valence-electron chi connectivity index (χ2n) is 10.0. The van der Waals surface area contributed by atoms with E-state index in [1.54, 1.807) is 6.92 Å². The van der Waals surface area contributed by atoms with E-state index in [2.05, 4.69) is 26.4 Å². The maximum atomic E-state index is 14.0. The zero-order chi connectivity index (χ0) is 28.0. The van der Waals surface area contributed by atoms with Crippen LogP contribution in [0.25, 0.3) is 0 Å². The van der Waals surface area contributed by atoms with Crippen molar-refractivity contribution in [2.45, 2.75) is 63.1 Å². The van der Waals surface area contributed by atoms with Crippen molar-refractivity contribution in [3.63, 3.8) is 0 Å². The molecule has 0 bridgehead atoms. The Balaban J connectivity index is 1.42. The van der Waals surface area contributed by atoms with Crippen LogP contribution >= 0.6 is 11.6 Å². The number of hydrogen-bond donors (Lipinski definition) is 5. The smallest absolute Gasteiger partial charge is 0.319 e. The topological polar surface area (TPSA) is 149 Å². The largest absolute Gasteiger partial charge is 0.389 e. The number of aliphatic hydroxyl groups is 1. The van der Waals surface area contributed by atoms with Crippen LogP contribution in [0.15, 0.2) is 28.8 Å².